The molecular weight excluding hydrogens is 408 g/mol. The molecule has 0 heterocycles. The number of carbonyl (C=O) groups excluding carboxylic acids is 1. The third-order valence-corrected chi connectivity index (χ3v) is 4.51. The number of carboxylic acid groups (broad SMARTS) is 1. The largest absolute Gasteiger partial charge is 0.493 e. The second-order valence-corrected chi connectivity index (χ2v) is 6.66. The lowest BCUT2D eigenvalue weighted by Crippen LogP contribution is -2.13. The second-order valence-electron chi connectivity index (χ2n) is 6.66. The first-order valence-corrected chi connectivity index (χ1v) is 9.62. The zero-order chi connectivity index (χ0) is 22.9. The number of hydrogen-bond donors (Lipinski definition) is 2. The lowest BCUT2D eigenvalue weighted by molar-refractivity contribution is -0.112. The number of ether oxygens (including phenoxy) is 2. The predicted molar refractivity (Wildman–Crippen MR) is 119 cm³/mol. The van der Waals surface area contributed by atoms with Crippen molar-refractivity contribution in [3.8, 4) is 17.6 Å². The summed E-state index contributed by atoms with van der Waals surface area (Å²) in [6.45, 7) is 0.284. The summed E-state index contributed by atoms with van der Waals surface area (Å²) in [5.74, 6) is -0.823. The van der Waals surface area contributed by atoms with Gasteiger partial charge in [-0.25, -0.2) is 4.79 Å². The van der Waals surface area contributed by atoms with Gasteiger partial charge in [-0.05, 0) is 42.0 Å². The van der Waals surface area contributed by atoms with Crippen LogP contribution in [0.3, 0.4) is 0 Å². The Kier molecular flexibility index (Phi) is 7.23. The summed E-state index contributed by atoms with van der Waals surface area (Å²) in [6.07, 6.45) is 1.42. The van der Waals surface area contributed by atoms with E-state index in [2.05, 4.69) is 5.32 Å². The Morgan fingerprint density at radius 1 is 1.03 bits per heavy atom. The monoisotopic (exact) mass is 428 g/mol. The highest BCUT2D eigenvalue weighted by Gasteiger charge is 2.15. The molecule has 0 aliphatic heterocycles. The molecule has 0 bridgehead atoms. The molecule has 7 heteroatoms. The van der Waals surface area contributed by atoms with E-state index in [1.165, 1.54) is 37.5 Å². The Morgan fingerprint density at radius 3 is 2.38 bits per heavy atom. The van der Waals surface area contributed by atoms with E-state index in [1.807, 2.05) is 36.4 Å². The first kappa shape index (κ1) is 22.1. The van der Waals surface area contributed by atoms with Crippen LogP contribution in [0, 0.1) is 11.3 Å². The van der Waals surface area contributed by atoms with Crippen molar-refractivity contribution in [3.63, 3.8) is 0 Å². The van der Waals surface area contributed by atoms with Crippen molar-refractivity contribution >= 4 is 23.6 Å². The van der Waals surface area contributed by atoms with Crippen molar-refractivity contribution in [3.05, 3.63) is 95.1 Å². The number of carbonyl (C=O) groups is 2. The van der Waals surface area contributed by atoms with Gasteiger partial charge in [0.25, 0.3) is 5.91 Å². The van der Waals surface area contributed by atoms with Crippen LogP contribution in [-0.2, 0) is 11.4 Å². The molecule has 0 atom stereocenters. The first-order valence-electron chi connectivity index (χ1n) is 9.62. The van der Waals surface area contributed by atoms with Gasteiger partial charge in [0.15, 0.2) is 11.5 Å². The van der Waals surface area contributed by atoms with Crippen LogP contribution in [0.1, 0.15) is 21.5 Å². The van der Waals surface area contributed by atoms with Crippen LogP contribution in [-0.4, -0.2) is 24.1 Å². The molecule has 2 N–H and O–H groups in total. The van der Waals surface area contributed by atoms with Crippen molar-refractivity contribution in [1.82, 2.24) is 0 Å². The van der Waals surface area contributed by atoms with Gasteiger partial charge in [0.2, 0.25) is 0 Å². The highest BCUT2D eigenvalue weighted by Crippen LogP contribution is 2.33. The summed E-state index contributed by atoms with van der Waals surface area (Å²) in [7, 11) is 1.51. The van der Waals surface area contributed by atoms with Crippen molar-refractivity contribution in [2.75, 3.05) is 12.4 Å². The summed E-state index contributed by atoms with van der Waals surface area (Å²) < 4.78 is 11.3. The van der Waals surface area contributed by atoms with E-state index >= 15 is 0 Å². The van der Waals surface area contributed by atoms with Crippen LogP contribution in [0.5, 0.6) is 11.5 Å². The molecule has 0 unspecified atom stereocenters. The molecule has 0 aromatic heterocycles. The molecular formula is C25H20N2O5. The van der Waals surface area contributed by atoms with Gasteiger partial charge in [-0.3, -0.25) is 4.79 Å². The fourth-order valence-electron chi connectivity index (χ4n) is 2.89. The van der Waals surface area contributed by atoms with Crippen LogP contribution in [0.4, 0.5) is 5.69 Å². The molecule has 0 aliphatic rings. The maximum atomic E-state index is 12.6. The number of amides is 1. The highest BCUT2D eigenvalue weighted by molar-refractivity contribution is 6.10. The summed E-state index contributed by atoms with van der Waals surface area (Å²) >= 11 is 0. The van der Waals surface area contributed by atoms with Crippen LogP contribution < -0.4 is 14.8 Å². The minimum Gasteiger partial charge on any atom is -0.493 e. The number of anilines is 1. The fraction of sp³-hybridized carbons (Fsp3) is 0.0800. The van der Waals surface area contributed by atoms with Crippen LogP contribution >= 0.6 is 0 Å². The molecule has 0 saturated carbocycles. The Labute approximate surface area is 185 Å². The number of methoxy groups -OCH3 is 1. The number of nitrogens with zero attached hydrogens (tertiary/aromatic N) is 1. The average Bonchev–Trinajstić information content (AvgIpc) is 2.82. The molecule has 0 aliphatic carbocycles. The number of rotatable bonds is 8. The molecule has 3 aromatic carbocycles. The number of hydrogen-bond acceptors (Lipinski definition) is 5. The van der Waals surface area contributed by atoms with E-state index in [0.29, 0.717) is 22.7 Å². The summed E-state index contributed by atoms with van der Waals surface area (Å²) in [4.78, 5) is 23.6. The Hall–Kier alpha value is -4.57. The SMILES string of the molecule is COc1cccc(/C=C(\C#N)C(=O)Nc2ccc(C(=O)O)cc2)c1OCc1ccccc1. The van der Waals surface area contributed by atoms with E-state index in [9.17, 15) is 14.9 Å². The third kappa shape index (κ3) is 5.52. The number of benzene rings is 3. The molecule has 1 amide bonds. The van der Waals surface area contributed by atoms with E-state index in [1.54, 1.807) is 18.2 Å². The van der Waals surface area contributed by atoms with Gasteiger partial charge in [-0.1, -0.05) is 42.5 Å². The minimum atomic E-state index is -1.07. The number of nitriles is 1. The zero-order valence-electron chi connectivity index (χ0n) is 17.2. The van der Waals surface area contributed by atoms with Gasteiger partial charge < -0.3 is 19.9 Å². The fourth-order valence-corrected chi connectivity index (χ4v) is 2.89. The molecule has 0 radical (unpaired) electrons. The van der Waals surface area contributed by atoms with E-state index < -0.39 is 11.9 Å². The number of aromatic carboxylic acids is 1. The molecule has 32 heavy (non-hydrogen) atoms. The molecule has 0 spiro atoms. The van der Waals surface area contributed by atoms with Crippen molar-refractivity contribution in [2.24, 2.45) is 0 Å². The van der Waals surface area contributed by atoms with Crippen LogP contribution in [0.15, 0.2) is 78.4 Å². The summed E-state index contributed by atoms with van der Waals surface area (Å²) in [6, 6.07) is 22.3. The quantitative estimate of drug-likeness (QED) is 0.403. The number of para-hydroxylation sites is 1. The van der Waals surface area contributed by atoms with E-state index in [-0.39, 0.29) is 17.7 Å². The van der Waals surface area contributed by atoms with Gasteiger partial charge in [0, 0.05) is 11.3 Å². The smallest absolute Gasteiger partial charge is 0.335 e. The summed E-state index contributed by atoms with van der Waals surface area (Å²) in [5, 5.41) is 21.1. The van der Waals surface area contributed by atoms with Crippen molar-refractivity contribution in [1.29, 1.82) is 5.26 Å². The first-order chi connectivity index (χ1) is 15.5. The van der Waals surface area contributed by atoms with E-state index in [0.717, 1.165) is 5.56 Å². The van der Waals surface area contributed by atoms with Crippen molar-refractivity contribution < 1.29 is 24.2 Å². The van der Waals surface area contributed by atoms with Crippen LogP contribution in [0.25, 0.3) is 6.08 Å². The Balaban J connectivity index is 1.84. The molecule has 3 rings (SSSR count). The topological polar surface area (TPSA) is 109 Å². The Morgan fingerprint density at radius 2 is 1.75 bits per heavy atom. The number of nitrogens with one attached hydrogen (secondary N) is 1. The second kappa shape index (κ2) is 10.5. The standard InChI is InChI=1S/C25H20N2O5/c1-31-22-9-5-8-19(23(22)32-16-17-6-3-2-4-7-17)14-20(15-26)24(28)27-21-12-10-18(11-13-21)25(29)30/h2-14H,16H2,1H3,(H,27,28)(H,29,30)/b20-14+. The molecule has 7 nitrogen and oxygen atoms in total. The average molecular weight is 428 g/mol. The molecule has 0 saturated heterocycles. The molecule has 160 valence electrons. The summed E-state index contributed by atoms with van der Waals surface area (Å²) in [5.41, 5.74) is 1.78. The van der Waals surface area contributed by atoms with Gasteiger partial charge >= 0.3 is 5.97 Å². The predicted octanol–water partition coefficient (Wildman–Crippen LogP) is 4.52. The molecule has 0 fully saturated rings. The van der Waals surface area contributed by atoms with Crippen molar-refractivity contribution in [2.45, 2.75) is 6.61 Å². The van der Waals surface area contributed by atoms with Gasteiger partial charge in [0.05, 0.1) is 12.7 Å². The zero-order valence-corrected chi connectivity index (χ0v) is 17.2. The van der Waals surface area contributed by atoms with Gasteiger partial charge in [-0.15, -0.1) is 0 Å². The minimum absolute atomic E-state index is 0.0932. The molecule has 3 aromatic rings. The normalized spacial score (nSPS) is 10.7. The van der Waals surface area contributed by atoms with Crippen LogP contribution in [0.2, 0.25) is 0 Å². The lowest BCUT2D eigenvalue weighted by Gasteiger charge is -2.14. The number of carboxylic acids is 1. The lowest BCUT2D eigenvalue weighted by atomic mass is 10.1. The van der Waals surface area contributed by atoms with E-state index in [4.69, 9.17) is 14.6 Å². The maximum absolute atomic E-state index is 12.6. The maximum Gasteiger partial charge on any atom is 0.335 e. The Bertz CT molecular complexity index is 1180. The third-order valence-electron chi connectivity index (χ3n) is 4.51. The van der Waals surface area contributed by atoms with Gasteiger partial charge in [-0.2, -0.15) is 5.26 Å². The highest BCUT2D eigenvalue weighted by atomic mass is 16.5. The van der Waals surface area contributed by atoms with Gasteiger partial charge in [0.1, 0.15) is 18.2 Å².